The first kappa shape index (κ1) is 12.6. The second-order valence-corrected chi connectivity index (χ2v) is 6.60. The Labute approximate surface area is 114 Å². The summed E-state index contributed by atoms with van der Waals surface area (Å²) in [5, 5.41) is 8.02. The summed E-state index contributed by atoms with van der Waals surface area (Å²) in [7, 11) is 0. The number of piperidine rings is 2. The molecule has 2 aliphatic heterocycles. The van der Waals surface area contributed by atoms with Gasteiger partial charge in [0.25, 0.3) is 0 Å². The predicted octanol–water partition coefficient (Wildman–Crippen LogP) is 2.93. The number of hydrogen-bond donors (Lipinski definition) is 1. The Balaban J connectivity index is 1.45. The summed E-state index contributed by atoms with van der Waals surface area (Å²) < 4.78 is 0. The van der Waals surface area contributed by atoms with Crippen molar-refractivity contribution in [3.63, 3.8) is 0 Å². The van der Waals surface area contributed by atoms with Crippen LogP contribution in [0.5, 0.6) is 0 Å². The summed E-state index contributed by atoms with van der Waals surface area (Å²) in [6.07, 6.45) is 5.48. The zero-order valence-electron chi connectivity index (χ0n) is 11.1. The maximum atomic E-state index is 3.46. The first-order chi connectivity index (χ1) is 8.92. The zero-order valence-corrected chi connectivity index (χ0v) is 11.9. The van der Waals surface area contributed by atoms with Crippen molar-refractivity contribution in [3.05, 3.63) is 22.4 Å². The van der Waals surface area contributed by atoms with Gasteiger partial charge in [-0.05, 0) is 86.1 Å². The Morgan fingerprint density at radius 2 is 1.94 bits per heavy atom. The molecule has 100 valence electrons. The van der Waals surface area contributed by atoms with Crippen LogP contribution >= 0.6 is 11.3 Å². The third-order valence-electron chi connectivity index (χ3n) is 4.58. The van der Waals surface area contributed by atoms with E-state index >= 15 is 0 Å². The number of nitrogens with zero attached hydrogens (tertiary/aromatic N) is 1. The maximum absolute atomic E-state index is 3.46. The van der Waals surface area contributed by atoms with Gasteiger partial charge in [0.05, 0.1) is 0 Å². The van der Waals surface area contributed by atoms with Gasteiger partial charge in [-0.3, -0.25) is 0 Å². The van der Waals surface area contributed by atoms with Gasteiger partial charge in [0.2, 0.25) is 0 Å². The van der Waals surface area contributed by atoms with Crippen LogP contribution in [0, 0.1) is 5.92 Å². The highest BCUT2D eigenvalue weighted by atomic mass is 32.1. The average Bonchev–Trinajstić information content (AvgIpc) is 2.95. The molecule has 3 heterocycles. The fourth-order valence-corrected chi connectivity index (χ4v) is 4.13. The number of nitrogens with one attached hydrogen (secondary N) is 1. The molecule has 1 N–H and O–H groups in total. The molecule has 2 nitrogen and oxygen atoms in total. The van der Waals surface area contributed by atoms with E-state index in [0.29, 0.717) is 0 Å². The third-order valence-corrected chi connectivity index (χ3v) is 5.28. The quantitative estimate of drug-likeness (QED) is 0.903. The lowest BCUT2D eigenvalue weighted by molar-refractivity contribution is 0.167. The van der Waals surface area contributed by atoms with E-state index in [4.69, 9.17) is 0 Å². The summed E-state index contributed by atoms with van der Waals surface area (Å²) in [6.45, 7) is 6.43. The highest BCUT2D eigenvalue weighted by Crippen LogP contribution is 2.30. The molecule has 1 aromatic rings. The maximum Gasteiger partial charge on any atom is 0.00106 e. The minimum atomic E-state index is 0.834. The highest BCUT2D eigenvalue weighted by Gasteiger charge is 2.23. The second-order valence-electron chi connectivity index (χ2n) is 5.82. The van der Waals surface area contributed by atoms with Crippen molar-refractivity contribution in [3.8, 4) is 0 Å². The van der Waals surface area contributed by atoms with Gasteiger partial charge in [-0.1, -0.05) is 0 Å². The molecular weight excluding hydrogens is 240 g/mol. The lowest BCUT2D eigenvalue weighted by Gasteiger charge is -2.35. The first-order valence-corrected chi connectivity index (χ1v) is 8.31. The van der Waals surface area contributed by atoms with Crippen molar-refractivity contribution >= 4 is 11.3 Å². The molecule has 2 fully saturated rings. The third kappa shape index (κ3) is 3.14. The average molecular weight is 264 g/mol. The topological polar surface area (TPSA) is 15.3 Å². The number of rotatable bonds is 3. The van der Waals surface area contributed by atoms with E-state index in [2.05, 4.69) is 27.0 Å². The molecule has 0 saturated carbocycles. The van der Waals surface area contributed by atoms with Crippen LogP contribution in [0.4, 0.5) is 0 Å². The SMILES string of the molecule is c1cc(C2CCN(CC3CCNCC3)CC2)cs1. The van der Waals surface area contributed by atoms with Gasteiger partial charge in [0, 0.05) is 6.54 Å². The molecule has 0 aliphatic carbocycles. The molecule has 18 heavy (non-hydrogen) atoms. The minimum Gasteiger partial charge on any atom is -0.317 e. The fourth-order valence-electron chi connectivity index (χ4n) is 3.39. The summed E-state index contributed by atoms with van der Waals surface area (Å²) in [4.78, 5) is 2.71. The smallest absolute Gasteiger partial charge is 0.00106 e. The summed E-state index contributed by atoms with van der Waals surface area (Å²) >= 11 is 1.84. The molecule has 2 saturated heterocycles. The van der Waals surface area contributed by atoms with E-state index in [-0.39, 0.29) is 0 Å². The van der Waals surface area contributed by atoms with E-state index < -0.39 is 0 Å². The van der Waals surface area contributed by atoms with Gasteiger partial charge >= 0.3 is 0 Å². The monoisotopic (exact) mass is 264 g/mol. The standard InChI is InChI=1S/C15H24N2S/c1-6-16-7-2-13(1)11-17-8-3-14(4-9-17)15-5-10-18-12-15/h5,10,12-14,16H,1-4,6-9,11H2. The molecule has 3 heteroatoms. The van der Waals surface area contributed by atoms with E-state index in [1.54, 1.807) is 5.56 Å². The van der Waals surface area contributed by atoms with E-state index in [0.717, 1.165) is 11.8 Å². The number of thiophene rings is 1. The predicted molar refractivity (Wildman–Crippen MR) is 78.3 cm³/mol. The minimum absolute atomic E-state index is 0.834. The number of likely N-dealkylation sites (tertiary alicyclic amines) is 1. The Bertz CT molecular complexity index is 335. The molecular formula is C15H24N2S. The second kappa shape index (κ2) is 6.18. The van der Waals surface area contributed by atoms with Crippen LogP contribution in [-0.2, 0) is 0 Å². The van der Waals surface area contributed by atoms with Crippen LogP contribution in [0.25, 0.3) is 0 Å². The molecule has 1 aromatic heterocycles. The Hall–Kier alpha value is -0.380. The van der Waals surface area contributed by atoms with Crippen LogP contribution in [-0.4, -0.2) is 37.6 Å². The van der Waals surface area contributed by atoms with Crippen LogP contribution < -0.4 is 5.32 Å². The Morgan fingerprint density at radius 3 is 2.61 bits per heavy atom. The van der Waals surface area contributed by atoms with Crippen molar-refractivity contribution in [1.82, 2.24) is 10.2 Å². The molecule has 0 amide bonds. The molecule has 0 radical (unpaired) electrons. The summed E-state index contributed by atoms with van der Waals surface area (Å²) in [5.41, 5.74) is 1.58. The van der Waals surface area contributed by atoms with Crippen molar-refractivity contribution in [2.75, 3.05) is 32.7 Å². The molecule has 0 atom stereocenters. The zero-order chi connectivity index (χ0) is 12.2. The summed E-state index contributed by atoms with van der Waals surface area (Å²) in [5.74, 6) is 1.78. The van der Waals surface area contributed by atoms with Crippen molar-refractivity contribution < 1.29 is 0 Å². The van der Waals surface area contributed by atoms with Gasteiger partial charge in [0.1, 0.15) is 0 Å². The van der Waals surface area contributed by atoms with Crippen LogP contribution in [0.15, 0.2) is 16.8 Å². The van der Waals surface area contributed by atoms with Gasteiger partial charge in [0.15, 0.2) is 0 Å². The van der Waals surface area contributed by atoms with Crippen LogP contribution in [0.1, 0.15) is 37.2 Å². The Kier molecular flexibility index (Phi) is 4.34. The van der Waals surface area contributed by atoms with Gasteiger partial charge in [-0.15, -0.1) is 0 Å². The summed E-state index contributed by atoms with van der Waals surface area (Å²) in [6, 6.07) is 2.32. The lowest BCUT2D eigenvalue weighted by Crippen LogP contribution is -2.39. The van der Waals surface area contributed by atoms with Gasteiger partial charge in [-0.25, -0.2) is 0 Å². The molecule has 0 unspecified atom stereocenters. The molecule has 3 rings (SSSR count). The lowest BCUT2D eigenvalue weighted by atomic mass is 9.90. The van der Waals surface area contributed by atoms with Crippen LogP contribution in [0.2, 0.25) is 0 Å². The molecule has 0 bridgehead atoms. The Morgan fingerprint density at radius 1 is 1.17 bits per heavy atom. The molecule has 0 aromatic carbocycles. The first-order valence-electron chi connectivity index (χ1n) is 7.37. The largest absolute Gasteiger partial charge is 0.317 e. The van der Waals surface area contributed by atoms with E-state index in [9.17, 15) is 0 Å². The van der Waals surface area contributed by atoms with Crippen LogP contribution in [0.3, 0.4) is 0 Å². The van der Waals surface area contributed by atoms with Crippen molar-refractivity contribution in [2.45, 2.75) is 31.6 Å². The van der Waals surface area contributed by atoms with Crippen molar-refractivity contribution in [2.24, 2.45) is 5.92 Å². The highest BCUT2D eigenvalue weighted by molar-refractivity contribution is 7.07. The van der Waals surface area contributed by atoms with E-state index in [1.165, 1.54) is 58.4 Å². The van der Waals surface area contributed by atoms with E-state index in [1.807, 2.05) is 11.3 Å². The normalized spacial score (nSPS) is 24.4. The van der Waals surface area contributed by atoms with Crippen molar-refractivity contribution in [1.29, 1.82) is 0 Å². The number of hydrogen-bond acceptors (Lipinski definition) is 3. The van der Waals surface area contributed by atoms with Gasteiger partial charge < -0.3 is 10.2 Å². The fraction of sp³-hybridized carbons (Fsp3) is 0.733. The van der Waals surface area contributed by atoms with Gasteiger partial charge in [-0.2, -0.15) is 11.3 Å². The molecule has 0 spiro atoms. The molecule has 2 aliphatic rings.